The summed E-state index contributed by atoms with van der Waals surface area (Å²) in [5, 5.41) is 8.99. The average Bonchev–Trinajstić information content (AvgIpc) is 2.20. The first kappa shape index (κ1) is 11.9. The summed E-state index contributed by atoms with van der Waals surface area (Å²) in [7, 11) is 0. The normalized spacial score (nSPS) is 12.5. The summed E-state index contributed by atoms with van der Waals surface area (Å²) in [6, 6.07) is 4.64. The van der Waals surface area contributed by atoms with E-state index in [1.165, 1.54) is 6.07 Å². The van der Waals surface area contributed by atoms with Crippen molar-refractivity contribution in [1.82, 2.24) is 0 Å². The first-order chi connectivity index (χ1) is 7.13. The van der Waals surface area contributed by atoms with Gasteiger partial charge in [-0.15, -0.1) is 0 Å². The Labute approximate surface area is 88.7 Å². The van der Waals surface area contributed by atoms with Crippen LogP contribution in [0.2, 0.25) is 0 Å². The monoisotopic (exact) mass is 213 g/mol. The van der Waals surface area contributed by atoms with Gasteiger partial charge in [0.25, 0.3) is 0 Å². The number of hydrogen-bond donors (Lipinski definition) is 2. The summed E-state index contributed by atoms with van der Waals surface area (Å²) in [5.41, 5.74) is 6.10. The third-order valence-corrected chi connectivity index (χ3v) is 2.03. The number of benzene rings is 1. The highest BCUT2D eigenvalue weighted by Gasteiger charge is 2.04. The van der Waals surface area contributed by atoms with E-state index in [0.717, 1.165) is 5.56 Å². The van der Waals surface area contributed by atoms with Crippen LogP contribution < -0.4 is 10.5 Å². The molecule has 1 aromatic rings. The van der Waals surface area contributed by atoms with E-state index in [1.54, 1.807) is 19.1 Å². The zero-order chi connectivity index (χ0) is 11.3. The predicted octanol–water partition coefficient (Wildman–Crippen LogP) is 1.43. The van der Waals surface area contributed by atoms with Crippen molar-refractivity contribution in [1.29, 1.82) is 0 Å². The first-order valence-electron chi connectivity index (χ1n) is 4.93. The minimum Gasteiger partial charge on any atom is -0.490 e. The van der Waals surface area contributed by atoms with Crippen LogP contribution in [0, 0.1) is 5.82 Å². The largest absolute Gasteiger partial charge is 0.490 e. The van der Waals surface area contributed by atoms with Crippen molar-refractivity contribution in [3.63, 3.8) is 0 Å². The molecule has 1 aromatic carbocycles. The molecule has 0 aliphatic carbocycles. The van der Waals surface area contributed by atoms with Crippen LogP contribution in [0.15, 0.2) is 18.2 Å². The van der Waals surface area contributed by atoms with E-state index >= 15 is 0 Å². The second-order valence-corrected chi connectivity index (χ2v) is 3.46. The highest BCUT2D eigenvalue weighted by Crippen LogP contribution is 2.18. The summed E-state index contributed by atoms with van der Waals surface area (Å²) in [5.74, 6) is -0.212. The Morgan fingerprint density at radius 2 is 2.27 bits per heavy atom. The Bertz CT molecular complexity index is 315. The molecule has 0 spiro atoms. The third kappa shape index (κ3) is 3.85. The molecule has 15 heavy (non-hydrogen) atoms. The molecular weight excluding hydrogens is 197 g/mol. The molecule has 0 saturated carbocycles. The molecule has 0 amide bonds. The van der Waals surface area contributed by atoms with Gasteiger partial charge >= 0.3 is 0 Å². The van der Waals surface area contributed by atoms with Crippen LogP contribution in [0.3, 0.4) is 0 Å². The van der Waals surface area contributed by atoms with Crippen molar-refractivity contribution >= 4 is 0 Å². The molecule has 0 aliphatic rings. The highest BCUT2D eigenvalue weighted by molar-refractivity contribution is 5.29. The SMILES string of the molecule is CC(O)CCOc1ccc(CN)cc1F. The van der Waals surface area contributed by atoms with E-state index in [4.69, 9.17) is 15.6 Å². The predicted molar refractivity (Wildman–Crippen MR) is 56.1 cm³/mol. The lowest BCUT2D eigenvalue weighted by Gasteiger charge is -2.09. The molecule has 0 heterocycles. The van der Waals surface area contributed by atoms with Crippen LogP contribution in [0.4, 0.5) is 4.39 Å². The summed E-state index contributed by atoms with van der Waals surface area (Å²) in [4.78, 5) is 0. The van der Waals surface area contributed by atoms with Crippen molar-refractivity contribution in [2.75, 3.05) is 6.61 Å². The molecule has 3 nitrogen and oxygen atoms in total. The van der Waals surface area contributed by atoms with E-state index in [-0.39, 0.29) is 5.75 Å². The van der Waals surface area contributed by atoms with Gasteiger partial charge in [-0.05, 0) is 24.6 Å². The van der Waals surface area contributed by atoms with Gasteiger partial charge in [-0.3, -0.25) is 0 Å². The molecule has 0 bridgehead atoms. The topological polar surface area (TPSA) is 55.5 Å². The van der Waals surface area contributed by atoms with Crippen molar-refractivity contribution in [2.24, 2.45) is 5.73 Å². The lowest BCUT2D eigenvalue weighted by atomic mass is 10.2. The number of halogens is 1. The quantitative estimate of drug-likeness (QED) is 0.778. The lowest BCUT2D eigenvalue weighted by Crippen LogP contribution is -2.08. The van der Waals surface area contributed by atoms with E-state index < -0.39 is 11.9 Å². The molecule has 1 rings (SSSR count). The first-order valence-corrected chi connectivity index (χ1v) is 4.93. The van der Waals surface area contributed by atoms with Crippen molar-refractivity contribution < 1.29 is 14.2 Å². The van der Waals surface area contributed by atoms with Gasteiger partial charge < -0.3 is 15.6 Å². The summed E-state index contributed by atoms with van der Waals surface area (Å²) < 4.78 is 18.5. The van der Waals surface area contributed by atoms with Gasteiger partial charge in [-0.1, -0.05) is 6.07 Å². The van der Waals surface area contributed by atoms with Gasteiger partial charge in [0, 0.05) is 13.0 Å². The summed E-state index contributed by atoms with van der Waals surface area (Å²) in [6.45, 7) is 2.28. The number of hydrogen-bond acceptors (Lipinski definition) is 3. The number of aliphatic hydroxyl groups is 1. The summed E-state index contributed by atoms with van der Waals surface area (Å²) in [6.07, 6.45) is 0.0503. The number of aliphatic hydroxyl groups excluding tert-OH is 1. The van der Waals surface area contributed by atoms with E-state index in [2.05, 4.69) is 0 Å². The van der Waals surface area contributed by atoms with Gasteiger partial charge in [0.05, 0.1) is 12.7 Å². The zero-order valence-electron chi connectivity index (χ0n) is 8.74. The Morgan fingerprint density at radius 1 is 1.53 bits per heavy atom. The molecule has 1 unspecified atom stereocenters. The molecule has 0 fully saturated rings. The molecule has 0 radical (unpaired) electrons. The van der Waals surface area contributed by atoms with E-state index in [1.807, 2.05) is 0 Å². The van der Waals surface area contributed by atoms with Gasteiger partial charge in [0.15, 0.2) is 11.6 Å². The second kappa shape index (κ2) is 5.68. The van der Waals surface area contributed by atoms with Crippen LogP contribution in [0.5, 0.6) is 5.75 Å². The Morgan fingerprint density at radius 3 is 2.80 bits per heavy atom. The smallest absolute Gasteiger partial charge is 0.165 e. The minimum absolute atomic E-state index is 0.202. The minimum atomic E-state index is -0.434. The van der Waals surface area contributed by atoms with Gasteiger partial charge in [-0.25, -0.2) is 4.39 Å². The average molecular weight is 213 g/mol. The molecular formula is C11H16FNO2. The zero-order valence-corrected chi connectivity index (χ0v) is 8.74. The molecule has 84 valence electrons. The van der Waals surface area contributed by atoms with Crippen LogP contribution in [0.25, 0.3) is 0 Å². The molecule has 0 saturated heterocycles. The molecule has 4 heteroatoms. The van der Waals surface area contributed by atoms with E-state index in [0.29, 0.717) is 19.6 Å². The van der Waals surface area contributed by atoms with Crippen molar-refractivity contribution in [2.45, 2.75) is 26.0 Å². The number of rotatable bonds is 5. The Kier molecular flexibility index (Phi) is 4.52. The Balaban J connectivity index is 2.54. The van der Waals surface area contributed by atoms with Crippen LogP contribution in [-0.2, 0) is 6.54 Å². The van der Waals surface area contributed by atoms with E-state index in [9.17, 15) is 4.39 Å². The van der Waals surface area contributed by atoms with Crippen LogP contribution >= 0.6 is 0 Å². The van der Waals surface area contributed by atoms with Gasteiger partial charge in [-0.2, -0.15) is 0 Å². The highest BCUT2D eigenvalue weighted by atomic mass is 19.1. The molecule has 0 aromatic heterocycles. The lowest BCUT2D eigenvalue weighted by molar-refractivity contribution is 0.154. The van der Waals surface area contributed by atoms with Gasteiger partial charge in [0.1, 0.15) is 0 Å². The fourth-order valence-corrected chi connectivity index (χ4v) is 1.13. The fraction of sp³-hybridized carbons (Fsp3) is 0.455. The molecule has 0 aliphatic heterocycles. The van der Waals surface area contributed by atoms with Gasteiger partial charge in [0.2, 0.25) is 0 Å². The molecule has 1 atom stereocenters. The molecule has 3 N–H and O–H groups in total. The number of nitrogens with two attached hydrogens (primary N) is 1. The standard InChI is InChI=1S/C11H16FNO2/c1-8(14)4-5-15-11-3-2-9(7-13)6-10(11)12/h2-3,6,8,14H,4-5,7,13H2,1H3. The maximum atomic E-state index is 13.3. The van der Waals surface area contributed by atoms with Crippen molar-refractivity contribution in [3.05, 3.63) is 29.6 Å². The number of ether oxygens (including phenoxy) is 1. The summed E-state index contributed by atoms with van der Waals surface area (Å²) >= 11 is 0. The Hall–Kier alpha value is -1.13. The van der Waals surface area contributed by atoms with Crippen molar-refractivity contribution in [3.8, 4) is 5.75 Å². The third-order valence-electron chi connectivity index (χ3n) is 2.03. The van der Waals surface area contributed by atoms with Crippen LogP contribution in [-0.4, -0.2) is 17.8 Å². The van der Waals surface area contributed by atoms with Crippen LogP contribution in [0.1, 0.15) is 18.9 Å². The maximum Gasteiger partial charge on any atom is 0.165 e. The fourth-order valence-electron chi connectivity index (χ4n) is 1.13. The maximum absolute atomic E-state index is 13.3. The second-order valence-electron chi connectivity index (χ2n) is 3.46.